The van der Waals surface area contributed by atoms with Crippen molar-refractivity contribution in [3.63, 3.8) is 0 Å². The van der Waals surface area contributed by atoms with E-state index in [0.29, 0.717) is 21.3 Å². The van der Waals surface area contributed by atoms with E-state index in [0.717, 1.165) is 0 Å². The Hall–Kier alpha value is -1.30. The topological polar surface area (TPSA) is 64.6 Å². The third-order valence-corrected chi connectivity index (χ3v) is 1.84. The molecule has 15 heavy (non-hydrogen) atoms. The quantitative estimate of drug-likeness (QED) is 0.312. The molecular weight excluding hydrogens is 214 g/mol. The Bertz CT molecular complexity index is 242. The fourth-order valence-corrected chi connectivity index (χ4v) is 0.925. The molecule has 0 unspecified atom stereocenters. The molecule has 5 nitrogen and oxygen atoms in total. The van der Waals surface area contributed by atoms with Gasteiger partial charge in [-0.05, 0) is 6.92 Å². The minimum atomic E-state index is -0.490. The molecule has 2 radical (unpaired) electrons. The third-order valence-electron chi connectivity index (χ3n) is 1.31. The standard InChI is InChI=1S/C9H15NO4Si/c1-7(2)8(11)13-4-5-14-9(12)10-6-15-3/h1,4-6H2,2-3H3,(H,10,12). The normalized spacial score (nSPS) is 9.20. The summed E-state index contributed by atoms with van der Waals surface area (Å²) in [7, 11) is 0.640. The van der Waals surface area contributed by atoms with Crippen LogP contribution in [0.4, 0.5) is 4.79 Å². The lowest BCUT2D eigenvalue weighted by atomic mass is 10.4. The van der Waals surface area contributed by atoms with E-state index < -0.39 is 12.1 Å². The van der Waals surface area contributed by atoms with Gasteiger partial charge in [-0.3, -0.25) is 0 Å². The molecule has 0 aromatic carbocycles. The van der Waals surface area contributed by atoms with Crippen LogP contribution >= 0.6 is 0 Å². The van der Waals surface area contributed by atoms with Gasteiger partial charge in [-0.25, -0.2) is 9.59 Å². The lowest BCUT2D eigenvalue weighted by Crippen LogP contribution is -2.28. The molecule has 0 aliphatic rings. The van der Waals surface area contributed by atoms with E-state index in [9.17, 15) is 9.59 Å². The number of nitrogens with one attached hydrogen (secondary N) is 1. The predicted octanol–water partition coefficient (Wildman–Crippen LogP) is 0.542. The first-order chi connectivity index (χ1) is 7.07. The van der Waals surface area contributed by atoms with Crippen molar-refractivity contribution < 1.29 is 19.1 Å². The van der Waals surface area contributed by atoms with E-state index in [1.54, 1.807) is 6.92 Å². The minimum Gasteiger partial charge on any atom is -0.459 e. The van der Waals surface area contributed by atoms with Crippen LogP contribution in [-0.4, -0.2) is 41.0 Å². The van der Waals surface area contributed by atoms with E-state index >= 15 is 0 Å². The van der Waals surface area contributed by atoms with Gasteiger partial charge in [0.2, 0.25) is 0 Å². The molecule has 0 rings (SSSR count). The number of carbonyl (C=O) groups excluding carboxylic acids is 2. The fourth-order valence-electron chi connectivity index (χ4n) is 0.604. The lowest BCUT2D eigenvalue weighted by Gasteiger charge is -2.06. The smallest absolute Gasteiger partial charge is 0.406 e. The number of hydrogen-bond donors (Lipinski definition) is 1. The summed E-state index contributed by atoms with van der Waals surface area (Å²) in [6, 6.07) is 0. The molecule has 0 saturated heterocycles. The number of ether oxygens (including phenoxy) is 2. The van der Waals surface area contributed by atoms with Gasteiger partial charge in [0.15, 0.2) is 0 Å². The maximum absolute atomic E-state index is 10.9. The van der Waals surface area contributed by atoms with Crippen LogP contribution in [0.15, 0.2) is 12.2 Å². The molecule has 0 aliphatic heterocycles. The SMILES string of the molecule is C=C(C)C(=O)OCCOC(=O)NC[Si]C. The van der Waals surface area contributed by atoms with Gasteiger partial charge >= 0.3 is 12.1 Å². The van der Waals surface area contributed by atoms with Crippen molar-refractivity contribution in [2.45, 2.75) is 13.5 Å². The number of carbonyl (C=O) groups is 2. The van der Waals surface area contributed by atoms with Gasteiger partial charge in [0.05, 0.1) is 9.52 Å². The lowest BCUT2D eigenvalue weighted by molar-refractivity contribution is -0.139. The van der Waals surface area contributed by atoms with Crippen molar-refractivity contribution in [1.82, 2.24) is 5.32 Å². The van der Waals surface area contributed by atoms with Gasteiger partial charge in [-0.1, -0.05) is 13.1 Å². The molecule has 0 spiro atoms. The number of amides is 1. The average molecular weight is 229 g/mol. The molecule has 0 heterocycles. The second-order valence-corrected chi connectivity index (χ2v) is 3.82. The van der Waals surface area contributed by atoms with E-state index in [-0.39, 0.29) is 13.2 Å². The van der Waals surface area contributed by atoms with E-state index in [4.69, 9.17) is 9.47 Å². The van der Waals surface area contributed by atoms with Crippen LogP contribution in [0.1, 0.15) is 6.92 Å². The Balaban J connectivity index is 3.42. The summed E-state index contributed by atoms with van der Waals surface area (Å²) in [5, 5.41) is 2.54. The molecular formula is C9H15NO4Si. The zero-order valence-corrected chi connectivity index (χ0v) is 9.96. The highest BCUT2D eigenvalue weighted by molar-refractivity contribution is 6.34. The monoisotopic (exact) mass is 229 g/mol. The fraction of sp³-hybridized carbons (Fsp3) is 0.556. The van der Waals surface area contributed by atoms with Crippen molar-refractivity contribution in [3.8, 4) is 0 Å². The first kappa shape index (κ1) is 13.7. The summed E-state index contributed by atoms with van der Waals surface area (Å²) in [4.78, 5) is 21.8. The highest BCUT2D eigenvalue weighted by Gasteiger charge is 2.04. The molecule has 0 bridgehead atoms. The largest absolute Gasteiger partial charge is 0.459 e. The third kappa shape index (κ3) is 7.74. The number of hydrogen-bond acceptors (Lipinski definition) is 4. The molecule has 0 aliphatic carbocycles. The first-order valence-electron chi connectivity index (χ1n) is 4.45. The van der Waals surface area contributed by atoms with E-state index in [1.165, 1.54) is 0 Å². The summed E-state index contributed by atoms with van der Waals surface area (Å²) < 4.78 is 9.44. The molecule has 0 fully saturated rings. The zero-order chi connectivity index (χ0) is 11.7. The summed E-state index contributed by atoms with van der Waals surface area (Å²) >= 11 is 0. The zero-order valence-electron chi connectivity index (χ0n) is 8.96. The van der Waals surface area contributed by atoms with Gasteiger partial charge in [0.1, 0.15) is 13.2 Å². The van der Waals surface area contributed by atoms with Crippen LogP contribution in [0, 0.1) is 0 Å². The van der Waals surface area contributed by atoms with Crippen LogP contribution < -0.4 is 5.32 Å². The molecule has 1 N–H and O–H groups in total. The number of rotatable bonds is 6. The van der Waals surface area contributed by atoms with Crippen LogP contribution in [0.2, 0.25) is 6.55 Å². The van der Waals surface area contributed by atoms with Crippen molar-refractivity contribution in [1.29, 1.82) is 0 Å². The predicted molar refractivity (Wildman–Crippen MR) is 56.7 cm³/mol. The molecule has 0 aromatic heterocycles. The van der Waals surface area contributed by atoms with E-state index in [1.807, 2.05) is 6.55 Å². The summed E-state index contributed by atoms with van der Waals surface area (Å²) in [6.45, 7) is 7.04. The van der Waals surface area contributed by atoms with Gasteiger partial charge in [0, 0.05) is 11.7 Å². The van der Waals surface area contributed by atoms with Gasteiger partial charge in [0.25, 0.3) is 0 Å². The Labute approximate surface area is 91.6 Å². The summed E-state index contributed by atoms with van der Waals surface area (Å²) in [5.74, 6) is -0.478. The van der Waals surface area contributed by atoms with Gasteiger partial charge in [-0.2, -0.15) is 0 Å². The van der Waals surface area contributed by atoms with Crippen LogP contribution in [0.3, 0.4) is 0 Å². The van der Waals surface area contributed by atoms with Crippen LogP contribution in [0.5, 0.6) is 0 Å². The van der Waals surface area contributed by atoms with Crippen molar-refractivity contribution in [2.75, 3.05) is 19.4 Å². The van der Waals surface area contributed by atoms with Crippen LogP contribution in [0.25, 0.3) is 0 Å². The molecule has 6 heteroatoms. The average Bonchev–Trinajstić information content (AvgIpc) is 2.20. The molecule has 0 atom stereocenters. The number of alkyl carbamates (subject to hydrolysis) is 1. The second kappa shape index (κ2) is 8.04. The molecule has 1 amide bonds. The highest BCUT2D eigenvalue weighted by Crippen LogP contribution is 1.91. The van der Waals surface area contributed by atoms with Gasteiger partial charge < -0.3 is 14.8 Å². The van der Waals surface area contributed by atoms with Crippen molar-refractivity contribution in [2.24, 2.45) is 0 Å². The highest BCUT2D eigenvalue weighted by atomic mass is 28.2. The Kier molecular flexibility index (Phi) is 7.34. The Morgan fingerprint density at radius 2 is 1.93 bits per heavy atom. The second-order valence-electron chi connectivity index (χ2n) is 2.76. The van der Waals surface area contributed by atoms with E-state index in [2.05, 4.69) is 11.9 Å². The van der Waals surface area contributed by atoms with Gasteiger partial charge in [-0.15, -0.1) is 0 Å². The Morgan fingerprint density at radius 1 is 1.33 bits per heavy atom. The Morgan fingerprint density at radius 3 is 2.47 bits per heavy atom. The summed E-state index contributed by atoms with van der Waals surface area (Å²) in [5.41, 5.74) is 0.326. The first-order valence-corrected chi connectivity index (χ1v) is 6.16. The van der Waals surface area contributed by atoms with Crippen molar-refractivity contribution >= 4 is 21.6 Å². The minimum absolute atomic E-state index is 0.0491. The van der Waals surface area contributed by atoms with Crippen LogP contribution in [-0.2, 0) is 14.3 Å². The maximum atomic E-state index is 10.9. The number of esters is 1. The molecule has 0 aromatic rings. The molecule has 0 saturated carbocycles. The maximum Gasteiger partial charge on any atom is 0.406 e. The molecule has 84 valence electrons. The summed E-state index contributed by atoms with van der Waals surface area (Å²) in [6.07, 6.45) is 0.112. The van der Waals surface area contributed by atoms with Crippen molar-refractivity contribution in [3.05, 3.63) is 12.2 Å².